The maximum absolute atomic E-state index is 12.1. The van der Waals surface area contributed by atoms with Crippen molar-refractivity contribution in [3.8, 4) is 11.8 Å². The fraction of sp³-hybridized carbons (Fsp3) is 0.235. The quantitative estimate of drug-likeness (QED) is 0.829. The lowest BCUT2D eigenvalue weighted by molar-refractivity contribution is 0.102. The van der Waals surface area contributed by atoms with E-state index in [0.717, 1.165) is 4.47 Å². The molecule has 0 fully saturated rings. The highest BCUT2D eigenvalue weighted by Crippen LogP contribution is 2.12. The molecule has 0 spiro atoms. The van der Waals surface area contributed by atoms with E-state index < -0.39 is 0 Å². The summed E-state index contributed by atoms with van der Waals surface area (Å²) in [4.78, 5) is 20.4. The number of nitrogens with zero attached hydrogens (tertiary/aromatic N) is 2. The lowest BCUT2D eigenvalue weighted by atomic mass is 9.98. The highest BCUT2D eigenvalue weighted by atomic mass is 79.9. The summed E-state index contributed by atoms with van der Waals surface area (Å²) in [5.74, 6) is 6.34. The van der Waals surface area contributed by atoms with Crippen LogP contribution in [-0.4, -0.2) is 15.9 Å². The van der Waals surface area contributed by atoms with E-state index >= 15 is 0 Å². The Hall–Kier alpha value is -2.19. The Morgan fingerprint density at radius 1 is 1.14 bits per heavy atom. The number of carbonyl (C=O) groups is 1. The summed E-state index contributed by atoms with van der Waals surface area (Å²) >= 11 is 3.29. The molecule has 5 heteroatoms. The molecule has 4 nitrogen and oxygen atoms in total. The molecule has 0 saturated heterocycles. The first-order valence-corrected chi connectivity index (χ1v) is 7.55. The van der Waals surface area contributed by atoms with E-state index in [9.17, 15) is 4.79 Å². The Morgan fingerprint density at radius 3 is 2.45 bits per heavy atom. The molecular formula is C17H16BrN3O. The summed E-state index contributed by atoms with van der Waals surface area (Å²) in [7, 11) is 0. The van der Waals surface area contributed by atoms with Crippen LogP contribution in [-0.2, 0) is 0 Å². The van der Waals surface area contributed by atoms with Gasteiger partial charge in [-0.3, -0.25) is 4.79 Å². The topological polar surface area (TPSA) is 54.9 Å². The third-order valence-corrected chi connectivity index (χ3v) is 3.03. The standard InChI is InChI=1S/C17H16BrN3O/c1-17(2,3)9-8-14-6-4-12(10-19-14)16(22)21-15-7-5-13(18)11-20-15/h4-7,10-11H,1-3H3,(H,20,21,22). The fourth-order valence-electron chi connectivity index (χ4n) is 1.49. The van der Waals surface area contributed by atoms with Crippen molar-refractivity contribution >= 4 is 27.7 Å². The van der Waals surface area contributed by atoms with E-state index in [1.165, 1.54) is 6.20 Å². The summed E-state index contributed by atoms with van der Waals surface area (Å²) in [6.07, 6.45) is 3.14. The second-order valence-electron chi connectivity index (χ2n) is 5.75. The van der Waals surface area contributed by atoms with Crippen LogP contribution in [0.4, 0.5) is 5.82 Å². The van der Waals surface area contributed by atoms with Gasteiger partial charge in [0.2, 0.25) is 0 Å². The van der Waals surface area contributed by atoms with Gasteiger partial charge in [-0.1, -0.05) is 5.92 Å². The summed E-state index contributed by atoms with van der Waals surface area (Å²) in [5, 5.41) is 2.71. The number of hydrogen-bond donors (Lipinski definition) is 1. The maximum atomic E-state index is 12.1. The van der Waals surface area contributed by atoms with Crippen molar-refractivity contribution in [2.24, 2.45) is 5.41 Å². The van der Waals surface area contributed by atoms with Gasteiger partial charge in [0.15, 0.2) is 0 Å². The minimum Gasteiger partial charge on any atom is -0.307 e. The van der Waals surface area contributed by atoms with Gasteiger partial charge in [-0.2, -0.15) is 0 Å². The normalized spacial score (nSPS) is 10.5. The average molecular weight is 358 g/mol. The molecule has 2 aromatic rings. The smallest absolute Gasteiger partial charge is 0.258 e. The highest BCUT2D eigenvalue weighted by Gasteiger charge is 2.08. The van der Waals surface area contributed by atoms with E-state index in [2.05, 4.69) is 43.1 Å². The predicted molar refractivity (Wildman–Crippen MR) is 90.5 cm³/mol. The van der Waals surface area contributed by atoms with Gasteiger partial charge in [0.05, 0.1) is 5.56 Å². The molecule has 2 rings (SSSR count). The minimum absolute atomic E-state index is 0.0784. The van der Waals surface area contributed by atoms with Gasteiger partial charge >= 0.3 is 0 Å². The second-order valence-corrected chi connectivity index (χ2v) is 6.66. The zero-order valence-electron chi connectivity index (χ0n) is 12.6. The van der Waals surface area contributed by atoms with Crippen LogP contribution >= 0.6 is 15.9 Å². The number of hydrogen-bond acceptors (Lipinski definition) is 3. The third-order valence-electron chi connectivity index (χ3n) is 2.56. The van der Waals surface area contributed by atoms with Crippen molar-refractivity contribution in [2.75, 3.05) is 5.32 Å². The Balaban J connectivity index is 2.07. The van der Waals surface area contributed by atoms with Gasteiger partial charge in [-0.05, 0) is 66.9 Å². The lowest BCUT2D eigenvalue weighted by Crippen LogP contribution is -2.13. The van der Waals surface area contributed by atoms with Crippen LogP contribution in [0.15, 0.2) is 41.1 Å². The Morgan fingerprint density at radius 2 is 1.91 bits per heavy atom. The summed E-state index contributed by atoms with van der Waals surface area (Å²) in [6.45, 7) is 6.10. The molecule has 112 valence electrons. The second kappa shape index (κ2) is 6.71. The van der Waals surface area contributed by atoms with Gasteiger partial charge in [0, 0.05) is 22.3 Å². The number of nitrogens with one attached hydrogen (secondary N) is 1. The molecule has 0 atom stereocenters. The highest BCUT2D eigenvalue weighted by molar-refractivity contribution is 9.10. The monoisotopic (exact) mass is 357 g/mol. The number of amides is 1. The van der Waals surface area contributed by atoms with E-state index in [0.29, 0.717) is 17.1 Å². The van der Waals surface area contributed by atoms with Crippen molar-refractivity contribution < 1.29 is 4.79 Å². The average Bonchev–Trinajstić information content (AvgIpc) is 2.47. The molecule has 2 heterocycles. The largest absolute Gasteiger partial charge is 0.307 e. The SMILES string of the molecule is CC(C)(C)C#Cc1ccc(C(=O)Nc2ccc(Br)cn2)cn1. The first-order chi connectivity index (χ1) is 10.3. The molecule has 1 N–H and O–H groups in total. The zero-order chi connectivity index (χ0) is 16.2. The van der Waals surface area contributed by atoms with E-state index in [-0.39, 0.29) is 11.3 Å². The summed E-state index contributed by atoms with van der Waals surface area (Å²) < 4.78 is 0.856. The van der Waals surface area contributed by atoms with Gasteiger partial charge in [0.1, 0.15) is 11.5 Å². The molecule has 0 radical (unpaired) electrons. The predicted octanol–water partition coefficient (Wildman–Crippen LogP) is 3.89. The third kappa shape index (κ3) is 4.97. The zero-order valence-corrected chi connectivity index (χ0v) is 14.2. The van der Waals surface area contributed by atoms with Gasteiger partial charge < -0.3 is 5.32 Å². The number of halogens is 1. The van der Waals surface area contributed by atoms with Crippen molar-refractivity contribution in [2.45, 2.75) is 20.8 Å². The van der Waals surface area contributed by atoms with Crippen LogP contribution in [0, 0.1) is 17.3 Å². The Labute approximate surface area is 138 Å². The number of aromatic nitrogens is 2. The van der Waals surface area contributed by atoms with Crippen LogP contribution < -0.4 is 5.32 Å². The molecule has 22 heavy (non-hydrogen) atoms. The number of pyridine rings is 2. The molecule has 0 aliphatic rings. The number of carbonyl (C=O) groups excluding carboxylic acids is 1. The molecule has 1 amide bonds. The Kier molecular flexibility index (Phi) is 4.94. The molecule has 0 bridgehead atoms. The molecule has 2 aromatic heterocycles. The van der Waals surface area contributed by atoms with Crippen LogP contribution in [0.5, 0.6) is 0 Å². The maximum Gasteiger partial charge on any atom is 0.258 e. The van der Waals surface area contributed by atoms with Gasteiger partial charge in [0.25, 0.3) is 5.91 Å². The van der Waals surface area contributed by atoms with Crippen LogP contribution in [0.2, 0.25) is 0 Å². The first-order valence-electron chi connectivity index (χ1n) is 6.76. The van der Waals surface area contributed by atoms with E-state index in [1.54, 1.807) is 24.4 Å². The van der Waals surface area contributed by atoms with E-state index in [4.69, 9.17) is 0 Å². The Bertz CT molecular complexity index is 720. The number of anilines is 1. The van der Waals surface area contributed by atoms with Crippen LogP contribution in [0.1, 0.15) is 36.8 Å². The van der Waals surface area contributed by atoms with Gasteiger partial charge in [-0.15, -0.1) is 0 Å². The molecule has 0 saturated carbocycles. The molecule has 0 aromatic carbocycles. The van der Waals surface area contributed by atoms with Crippen molar-refractivity contribution in [1.29, 1.82) is 0 Å². The van der Waals surface area contributed by atoms with Gasteiger partial charge in [-0.25, -0.2) is 9.97 Å². The van der Waals surface area contributed by atoms with Crippen molar-refractivity contribution in [3.63, 3.8) is 0 Å². The summed E-state index contributed by atoms with van der Waals surface area (Å²) in [6, 6.07) is 6.97. The first kappa shape index (κ1) is 16.2. The van der Waals surface area contributed by atoms with Crippen LogP contribution in [0.25, 0.3) is 0 Å². The molecule has 0 aliphatic heterocycles. The fourth-order valence-corrected chi connectivity index (χ4v) is 1.73. The van der Waals surface area contributed by atoms with E-state index in [1.807, 2.05) is 26.8 Å². The molecular weight excluding hydrogens is 342 g/mol. The van der Waals surface area contributed by atoms with Crippen molar-refractivity contribution in [3.05, 3.63) is 52.4 Å². The van der Waals surface area contributed by atoms with Crippen molar-refractivity contribution in [1.82, 2.24) is 9.97 Å². The molecule has 0 aliphatic carbocycles. The summed E-state index contributed by atoms with van der Waals surface area (Å²) in [5.41, 5.74) is 1.03. The number of rotatable bonds is 2. The molecule has 0 unspecified atom stereocenters. The lowest BCUT2D eigenvalue weighted by Gasteiger charge is -2.07. The van der Waals surface area contributed by atoms with Crippen LogP contribution in [0.3, 0.4) is 0 Å². The minimum atomic E-state index is -0.252.